The van der Waals surface area contributed by atoms with Crippen molar-refractivity contribution in [3.63, 3.8) is 0 Å². The molecule has 0 aliphatic rings. The summed E-state index contributed by atoms with van der Waals surface area (Å²) >= 11 is 0. The number of nitrogens with zero attached hydrogens (tertiary/aromatic N) is 1. The van der Waals surface area contributed by atoms with Gasteiger partial charge in [-0.15, -0.1) is 0 Å². The Kier molecular flexibility index (Phi) is 7.45. The number of carbonyl (C=O) groups is 1. The van der Waals surface area contributed by atoms with E-state index in [1.54, 1.807) is 14.0 Å². The topological polar surface area (TPSA) is 68.6 Å². The zero-order chi connectivity index (χ0) is 19.6. The Hall–Kier alpha value is -3.26. The van der Waals surface area contributed by atoms with E-state index in [0.29, 0.717) is 23.5 Å². The number of carbonyl (C=O) groups excluding carboxylic acids is 1. The van der Waals surface area contributed by atoms with Crippen molar-refractivity contribution < 1.29 is 19.0 Å². The monoisotopic (exact) mass is 365 g/mol. The summed E-state index contributed by atoms with van der Waals surface area (Å²) in [5.74, 6) is 1.04. The number of nitriles is 1. The smallest absolute Gasteiger partial charge is 0.311 e. The highest BCUT2D eigenvalue weighted by molar-refractivity contribution is 5.88. The van der Waals surface area contributed by atoms with E-state index in [4.69, 9.17) is 14.2 Å². The van der Waals surface area contributed by atoms with Crippen molar-refractivity contribution in [2.45, 2.75) is 20.3 Å². The highest BCUT2D eigenvalue weighted by Crippen LogP contribution is 2.31. The SMILES string of the molecule is CCOC(=O)CC(C#N)=C(c1ccc(OC)cc1)c1ccc(OCC)cc1. The molecule has 0 saturated heterocycles. The number of methoxy groups -OCH3 is 1. The van der Waals surface area contributed by atoms with Gasteiger partial charge in [0.2, 0.25) is 0 Å². The minimum atomic E-state index is -0.425. The number of benzene rings is 2. The van der Waals surface area contributed by atoms with Gasteiger partial charge in [0.15, 0.2) is 0 Å². The van der Waals surface area contributed by atoms with Crippen LogP contribution in [-0.2, 0) is 9.53 Å². The van der Waals surface area contributed by atoms with Gasteiger partial charge in [0.05, 0.1) is 32.8 Å². The van der Waals surface area contributed by atoms with Crippen LogP contribution in [0.25, 0.3) is 5.57 Å². The third-order valence-electron chi connectivity index (χ3n) is 3.90. The largest absolute Gasteiger partial charge is 0.497 e. The van der Waals surface area contributed by atoms with Crippen molar-refractivity contribution in [1.29, 1.82) is 5.26 Å². The van der Waals surface area contributed by atoms with E-state index in [-0.39, 0.29) is 13.0 Å². The average molecular weight is 365 g/mol. The van der Waals surface area contributed by atoms with E-state index in [1.807, 2.05) is 55.5 Å². The third kappa shape index (κ3) is 5.35. The van der Waals surface area contributed by atoms with Gasteiger partial charge in [0.25, 0.3) is 0 Å². The van der Waals surface area contributed by atoms with E-state index in [2.05, 4.69) is 6.07 Å². The number of hydrogen-bond acceptors (Lipinski definition) is 5. The summed E-state index contributed by atoms with van der Waals surface area (Å²) in [5, 5.41) is 9.71. The number of hydrogen-bond donors (Lipinski definition) is 0. The second-order valence-corrected chi connectivity index (χ2v) is 5.63. The van der Waals surface area contributed by atoms with Gasteiger partial charge in [-0.05, 0) is 49.2 Å². The fourth-order valence-corrected chi connectivity index (χ4v) is 2.70. The van der Waals surface area contributed by atoms with Crippen molar-refractivity contribution in [2.24, 2.45) is 0 Å². The Morgan fingerprint density at radius 1 is 0.926 bits per heavy atom. The zero-order valence-corrected chi connectivity index (χ0v) is 15.8. The van der Waals surface area contributed by atoms with E-state index in [1.165, 1.54) is 0 Å². The van der Waals surface area contributed by atoms with E-state index in [0.717, 1.165) is 16.9 Å². The molecule has 0 unspecified atom stereocenters. The Bertz CT molecular complexity index is 830. The molecule has 0 aliphatic heterocycles. The summed E-state index contributed by atoms with van der Waals surface area (Å²) in [6, 6.07) is 17.0. The van der Waals surface area contributed by atoms with Gasteiger partial charge in [0.1, 0.15) is 11.5 Å². The molecule has 0 radical (unpaired) electrons. The fourth-order valence-electron chi connectivity index (χ4n) is 2.70. The van der Waals surface area contributed by atoms with Gasteiger partial charge in [-0.3, -0.25) is 4.79 Å². The van der Waals surface area contributed by atoms with Crippen molar-refractivity contribution in [2.75, 3.05) is 20.3 Å². The van der Waals surface area contributed by atoms with Gasteiger partial charge in [-0.25, -0.2) is 0 Å². The first-order valence-corrected chi connectivity index (χ1v) is 8.79. The van der Waals surface area contributed by atoms with Crippen molar-refractivity contribution >= 4 is 11.5 Å². The van der Waals surface area contributed by atoms with Crippen LogP contribution in [0.1, 0.15) is 31.4 Å². The molecule has 0 heterocycles. The third-order valence-corrected chi connectivity index (χ3v) is 3.90. The van der Waals surface area contributed by atoms with Crippen molar-refractivity contribution in [1.82, 2.24) is 0 Å². The van der Waals surface area contributed by atoms with Crippen LogP contribution in [0.4, 0.5) is 0 Å². The second-order valence-electron chi connectivity index (χ2n) is 5.63. The summed E-state index contributed by atoms with van der Waals surface area (Å²) in [6.07, 6.45) is -0.0844. The highest BCUT2D eigenvalue weighted by Gasteiger charge is 2.16. The van der Waals surface area contributed by atoms with Crippen LogP contribution in [-0.4, -0.2) is 26.3 Å². The lowest BCUT2D eigenvalue weighted by molar-refractivity contribution is -0.142. The number of rotatable bonds is 8. The molecule has 2 aromatic rings. The van der Waals surface area contributed by atoms with Gasteiger partial charge in [0, 0.05) is 11.1 Å². The molecule has 5 heteroatoms. The lowest BCUT2D eigenvalue weighted by atomic mass is 9.92. The summed E-state index contributed by atoms with van der Waals surface area (Å²) in [6.45, 7) is 4.51. The van der Waals surface area contributed by atoms with Gasteiger partial charge >= 0.3 is 5.97 Å². The highest BCUT2D eigenvalue weighted by atomic mass is 16.5. The maximum Gasteiger partial charge on any atom is 0.311 e. The van der Waals surface area contributed by atoms with Crippen molar-refractivity contribution in [3.05, 3.63) is 65.2 Å². The van der Waals surface area contributed by atoms with E-state index < -0.39 is 5.97 Å². The lowest BCUT2D eigenvalue weighted by Gasteiger charge is -2.13. The lowest BCUT2D eigenvalue weighted by Crippen LogP contribution is -2.06. The quantitative estimate of drug-likeness (QED) is 0.513. The summed E-state index contributed by atoms with van der Waals surface area (Å²) in [7, 11) is 1.60. The summed E-state index contributed by atoms with van der Waals surface area (Å²) in [5.41, 5.74) is 2.68. The minimum absolute atomic E-state index is 0.0844. The van der Waals surface area contributed by atoms with Crippen LogP contribution < -0.4 is 9.47 Å². The molecule has 2 aromatic carbocycles. The second kappa shape index (κ2) is 10.0. The average Bonchev–Trinajstić information content (AvgIpc) is 2.69. The first kappa shape index (κ1) is 20.1. The van der Waals surface area contributed by atoms with Crippen LogP contribution in [0.5, 0.6) is 11.5 Å². The van der Waals surface area contributed by atoms with E-state index in [9.17, 15) is 10.1 Å². The molecule has 0 amide bonds. The molecule has 0 spiro atoms. The molecule has 140 valence electrons. The first-order valence-electron chi connectivity index (χ1n) is 8.79. The fraction of sp³-hybridized carbons (Fsp3) is 0.273. The summed E-state index contributed by atoms with van der Waals surface area (Å²) < 4.78 is 15.7. The van der Waals surface area contributed by atoms with Crippen LogP contribution in [0, 0.1) is 11.3 Å². The molecular formula is C22H23NO4. The van der Waals surface area contributed by atoms with Gasteiger partial charge in [-0.1, -0.05) is 24.3 Å². The first-order chi connectivity index (χ1) is 13.1. The molecular weight excluding hydrogens is 342 g/mol. The molecule has 0 aliphatic carbocycles. The Morgan fingerprint density at radius 2 is 1.48 bits per heavy atom. The predicted molar refractivity (Wildman–Crippen MR) is 103 cm³/mol. The van der Waals surface area contributed by atoms with Gasteiger partial charge < -0.3 is 14.2 Å². The molecule has 27 heavy (non-hydrogen) atoms. The van der Waals surface area contributed by atoms with Crippen LogP contribution in [0.2, 0.25) is 0 Å². The minimum Gasteiger partial charge on any atom is -0.497 e. The Morgan fingerprint density at radius 3 is 1.93 bits per heavy atom. The van der Waals surface area contributed by atoms with Gasteiger partial charge in [-0.2, -0.15) is 5.26 Å². The maximum atomic E-state index is 12.0. The zero-order valence-electron chi connectivity index (χ0n) is 15.8. The van der Waals surface area contributed by atoms with Crippen LogP contribution >= 0.6 is 0 Å². The molecule has 0 bridgehead atoms. The van der Waals surface area contributed by atoms with Crippen LogP contribution in [0.3, 0.4) is 0 Å². The Labute approximate surface area is 159 Å². The molecule has 2 rings (SSSR count). The number of ether oxygens (including phenoxy) is 3. The molecule has 0 fully saturated rings. The Balaban J connectivity index is 2.53. The number of esters is 1. The summed E-state index contributed by atoms with van der Waals surface area (Å²) in [4.78, 5) is 12.0. The maximum absolute atomic E-state index is 12.0. The standard InChI is InChI=1S/C22H23NO4/c1-4-26-20-12-8-17(9-13-20)22(16-6-10-19(25-3)11-7-16)18(15-23)14-21(24)27-5-2/h6-13H,4-5,14H2,1-3H3. The van der Waals surface area contributed by atoms with Crippen molar-refractivity contribution in [3.8, 4) is 17.6 Å². The molecule has 5 nitrogen and oxygen atoms in total. The van der Waals surface area contributed by atoms with Crippen LogP contribution in [0.15, 0.2) is 54.1 Å². The molecule has 0 N–H and O–H groups in total. The molecule has 0 atom stereocenters. The van der Waals surface area contributed by atoms with E-state index >= 15 is 0 Å². The predicted octanol–water partition coefficient (Wildman–Crippen LogP) is 4.37. The molecule has 0 aromatic heterocycles. The normalized spacial score (nSPS) is 11.2. The molecule has 0 saturated carbocycles.